The summed E-state index contributed by atoms with van der Waals surface area (Å²) in [5, 5.41) is 6.00. The van der Waals surface area contributed by atoms with Gasteiger partial charge in [0.1, 0.15) is 0 Å². The summed E-state index contributed by atoms with van der Waals surface area (Å²) in [4.78, 5) is 26.3. The minimum Gasteiger partial charge on any atom is -0.349 e. The van der Waals surface area contributed by atoms with Gasteiger partial charge in [-0.3, -0.25) is 9.59 Å². The molecule has 1 aliphatic heterocycles. The highest BCUT2D eigenvalue weighted by Crippen LogP contribution is 2.26. The van der Waals surface area contributed by atoms with Crippen molar-refractivity contribution < 1.29 is 18.0 Å². The number of hydrogen-bond acceptors (Lipinski definition) is 4. The molecule has 182 valence electrons. The first-order valence-electron chi connectivity index (χ1n) is 12.1. The van der Waals surface area contributed by atoms with Gasteiger partial charge in [0.25, 0.3) is 5.91 Å². The lowest BCUT2D eigenvalue weighted by Gasteiger charge is -2.31. The average Bonchev–Trinajstić information content (AvgIpc) is 2.85. The third-order valence-electron chi connectivity index (χ3n) is 6.78. The predicted octanol–water partition coefficient (Wildman–Crippen LogP) is 4.10. The Morgan fingerprint density at radius 1 is 0.912 bits per heavy atom. The Bertz CT molecular complexity index is 1120. The Balaban J connectivity index is 1.43. The van der Waals surface area contributed by atoms with E-state index in [9.17, 15) is 18.0 Å². The molecule has 4 rings (SSSR count). The Hall–Kier alpha value is -2.71. The fourth-order valence-corrected chi connectivity index (χ4v) is 6.29. The molecule has 1 heterocycles. The molecule has 2 amide bonds. The Labute approximate surface area is 202 Å². The number of rotatable bonds is 6. The number of carbonyl (C=O) groups excluding carboxylic acids is 2. The zero-order chi connectivity index (χ0) is 24.1. The zero-order valence-corrected chi connectivity index (χ0v) is 20.4. The van der Waals surface area contributed by atoms with Crippen LogP contribution in [-0.2, 0) is 14.8 Å². The molecule has 0 spiro atoms. The number of nitrogens with zero attached hydrogens (tertiary/aromatic N) is 1. The number of piperidine rings is 1. The van der Waals surface area contributed by atoms with Crippen LogP contribution in [0.15, 0.2) is 53.4 Å². The molecule has 8 heteroatoms. The molecule has 1 aliphatic carbocycles. The monoisotopic (exact) mass is 483 g/mol. The van der Waals surface area contributed by atoms with Crippen LogP contribution in [0.5, 0.6) is 0 Å². The maximum absolute atomic E-state index is 13.1. The number of anilines is 1. The van der Waals surface area contributed by atoms with Crippen LogP contribution in [0.1, 0.15) is 60.9 Å². The van der Waals surface area contributed by atoms with Gasteiger partial charge in [0, 0.05) is 19.1 Å². The van der Waals surface area contributed by atoms with Gasteiger partial charge < -0.3 is 10.6 Å². The van der Waals surface area contributed by atoms with Crippen molar-refractivity contribution in [2.45, 2.75) is 62.8 Å². The molecule has 2 aliphatic rings. The quantitative estimate of drug-likeness (QED) is 0.647. The summed E-state index contributed by atoms with van der Waals surface area (Å²) >= 11 is 0. The number of para-hydroxylation sites is 1. The van der Waals surface area contributed by atoms with E-state index in [0.29, 0.717) is 30.6 Å². The summed E-state index contributed by atoms with van der Waals surface area (Å²) in [6.07, 6.45) is 6.60. The van der Waals surface area contributed by atoms with E-state index in [1.165, 1.54) is 10.7 Å². The van der Waals surface area contributed by atoms with Gasteiger partial charge in [-0.05, 0) is 56.9 Å². The van der Waals surface area contributed by atoms with E-state index in [1.54, 1.807) is 48.5 Å². The van der Waals surface area contributed by atoms with Gasteiger partial charge in [-0.1, -0.05) is 49.1 Å². The molecule has 34 heavy (non-hydrogen) atoms. The van der Waals surface area contributed by atoms with Gasteiger partial charge in [-0.2, -0.15) is 4.31 Å². The van der Waals surface area contributed by atoms with Gasteiger partial charge in [-0.15, -0.1) is 0 Å². The van der Waals surface area contributed by atoms with Crippen LogP contribution in [0, 0.1) is 12.8 Å². The maximum Gasteiger partial charge on any atom is 0.253 e. The van der Waals surface area contributed by atoms with E-state index in [1.807, 2.05) is 6.92 Å². The Morgan fingerprint density at radius 2 is 1.62 bits per heavy atom. The summed E-state index contributed by atoms with van der Waals surface area (Å²) in [6, 6.07) is 13.9. The first kappa shape index (κ1) is 24.4. The van der Waals surface area contributed by atoms with Gasteiger partial charge in [0.05, 0.1) is 22.1 Å². The highest BCUT2D eigenvalue weighted by Gasteiger charge is 2.33. The molecule has 2 fully saturated rings. The van der Waals surface area contributed by atoms with Crippen molar-refractivity contribution >= 4 is 27.5 Å². The summed E-state index contributed by atoms with van der Waals surface area (Å²) < 4.78 is 27.6. The van der Waals surface area contributed by atoms with Crippen molar-refractivity contribution in [1.82, 2.24) is 9.62 Å². The third kappa shape index (κ3) is 5.67. The fraction of sp³-hybridized carbons (Fsp3) is 0.462. The molecule has 1 saturated carbocycles. The van der Waals surface area contributed by atoms with Gasteiger partial charge in [0.15, 0.2) is 0 Å². The van der Waals surface area contributed by atoms with E-state index < -0.39 is 15.9 Å². The second-order valence-electron chi connectivity index (χ2n) is 9.36. The first-order valence-corrected chi connectivity index (χ1v) is 13.6. The van der Waals surface area contributed by atoms with Crippen LogP contribution in [0.2, 0.25) is 0 Å². The van der Waals surface area contributed by atoms with E-state index >= 15 is 0 Å². The van der Waals surface area contributed by atoms with Crippen molar-refractivity contribution in [2.24, 2.45) is 5.92 Å². The lowest BCUT2D eigenvalue weighted by Crippen LogP contribution is -2.43. The molecule has 0 radical (unpaired) electrons. The summed E-state index contributed by atoms with van der Waals surface area (Å²) in [7, 11) is -3.67. The minimum atomic E-state index is -3.67. The van der Waals surface area contributed by atoms with E-state index in [-0.39, 0.29) is 29.3 Å². The summed E-state index contributed by atoms with van der Waals surface area (Å²) in [5.41, 5.74) is 1.88. The second kappa shape index (κ2) is 10.7. The minimum absolute atomic E-state index is 0.123. The molecule has 2 aromatic carbocycles. The van der Waals surface area contributed by atoms with Gasteiger partial charge in [-0.25, -0.2) is 8.42 Å². The smallest absolute Gasteiger partial charge is 0.253 e. The molecule has 2 N–H and O–H groups in total. The maximum atomic E-state index is 13.1. The van der Waals surface area contributed by atoms with Crippen LogP contribution in [0.25, 0.3) is 0 Å². The fourth-order valence-electron chi connectivity index (χ4n) is 4.77. The Kier molecular flexibility index (Phi) is 7.68. The average molecular weight is 484 g/mol. The molecule has 0 aromatic heterocycles. The van der Waals surface area contributed by atoms with Crippen molar-refractivity contribution in [3.63, 3.8) is 0 Å². The standard InChI is InChI=1S/C26H33N3O4S/c1-19-13-15-22(16-14-19)34(32,33)29-17-7-8-20(18-29)25(30)28-24-12-6-5-11-23(24)26(31)27-21-9-3-2-4-10-21/h5-6,11-16,20-21H,2-4,7-10,17-18H2,1H3,(H,27,31)(H,28,30)/t20-/m1/s1. The number of benzene rings is 2. The van der Waals surface area contributed by atoms with E-state index in [4.69, 9.17) is 0 Å². The number of hydrogen-bond donors (Lipinski definition) is 2. The van der Waals surface area contributed by atoms with Crippen LogP contribution < -0.4 is 10.6 Å². The highest BCUT2D eigenvalue weighted by molar-refractivity contribution is 7.89. The number of carbonyl (C=O) groups is 2. The van der Waals surface area contributed by atoms with Gasteiger partial charge >= 0.3 is 0 Å². The number of sulfonamides is 1. The summed E-state index contributed by atoms with van der Waals surface area (Å²) in [6.45, 7) is 2.42. The molecule has 0 bridgehead atoms. The summed E-state index contributed by atoms with van der Waals surface area (Å²) in [5.74, 6) is -0.930. The topological polar surface area (TPSA) is 95.6 Å². The van der Waals surface area contributed by atoms with Crippen molar-refractivity contribution in [3.8, 4) is 0 Å². The molecule has 1 atom stereocenters. The van der Waals surface area contributed by atoms with Crippen LogP contribution >= 0.6 is 0 Å². The van der Waals surface area contributed by atoms with Crippen molar-refractivity contribution in [1.29, 1.82) is 0 Å². The molecular formula is C26H33N3O4S. The molecule has 2 aromatic rings. The predicted molar refractivity (Wildman–Crippen MR) is 132 cm³/mol. The van der Waals surface area contributed by atoms with Crippen LogP contribution in [-0.4, -0.2) is 43.7 Å². The number of amides is 2. The van der Waals surface area contributed by atoms with Crippen LogP contribution in [0.3, 0.4) is 0 Å². The van der Waals surface area contributed by atoms with Crippen molar-refractivity contribution in [2.75, 3.05) is 18.4 Å². The second-order valence-corrected chi connectivity index (χ2v) is 11.3. The van der Waals surface area contributed by atoms with Crippen molar-refractivity contribution in [3.05, 3.63) is 59.7 Å². The number of aryl methyl sites for hydroxylation is 1. The van der Waals surface area contributed by atoms with E-state index in [2.05, 4.69) is 10.6 Å². The molecular weight excluding hydrogens is 450 g/mol. The third-order valence-corrected chi connectivity index (χ3v) is 8.66. The largest absolute Gasteiger partial charge is 0.349 e. The first-order chi connectivity index (χ1) is 16.3. The Morgan fingerprint density at radius 3 is 2.35 bits per heavy atom. The van der Waals surface area contributed by atoms with Gasteiger partial charge in [0.2, 0.25) is 15.9 Å². The lowest BCUT2D eigenvalue weighted by molar-refractivity contribution is -0.120. The van der Waals surface area contributed by atoms with Crippen LogP contribution in [0.4, 0.5) is 5.69 Å². The number of nitrogens with one attached hydrogen (secondary N) is 2. The SMILES string of the molecule is Cc1ccc(S(=O)(=O)N2CCC[C@@H](C(=O)Nc3ccccc3C(=O)NC3CCCCC3)C2)cc1. The zero-order valence-electron chi connectivity index (χ0n) is 19.6. The molecule has 1 saturated heterocycles. The normalized spacial score (nSPS) is 20.0. The molecule has 7 nitrogen and oxygen atoms in total. The van der Waals surface area contributed by atoms with E-state index in [0.717, 1.165) is 31.2 Å². The molecule has 0 unspecified atom stereocenters. The lowest BCUT2D eigenvalue weighted by atomic mass is 9.95. The highest BCUT2D eigenvalue weighted by atomic mass is 32.2.